The van der Waals surface area contributed by atoms with Gasteiger partial charge in [0.15, 0.2) is 0 Å². The molecule has 0 spiro atoms. The van der Waals surface area contributed by atoms with Crippen LogP contribution in [0.4, 0.5) is 0 Å². The zero-order chi connectivity index (χ0) is 23.3. The number of nitrogens with one attached hydrogen (secondary N) is 1. The summed E-state index contributed by atoms with van der Waals surface area (Å²) in [5, 5.41) is 12.3. The van der Waals surface area contributed by atoms with E-state index in [4.69, 9.17) is 14.5 Å². The van der Waals surface area contributed by atoms with Gasteiger partial charge in [0.2, 0.25) is 5.91 Å². The zero-order valence-electron chi connectivity index (χ0n) is 19.8. The lowest BCUT2D eigenvalue weighted by Crippen LogP contribution is -2.49. The van der Waals surface area contributed by atoms with Crippen molar-refractivity contribution in [3.8, 4) is 0 Å². The topological polar surface area (TPSA) is 97.8 Å². The largest absolute Gasteiger partial charge is 0.480 e. The molecule has 7 heteroatoms. The van der Waals surface area contributed by atoms with Crippen molar-refractivity contribution in [2.45, 2.75) is 89.7 Å². The van der Waals surface area contributed by atoms with Gasteiger partial charge >= 0.3 is 5.97 Å². The van der Waals surface area contributed by atoms with Crippen LogP contribution in [-0.4, -0.2) is 53.9 Å². The minimum Gasteiger partial charge on any atom is -0.480 e. The molecule has 1 unspecified atom stereocenters. The van der Waals surface area contributed by atoms with Gasteiger partial charge in [0.1, 0.15) is 6.04 Å². The first-order valence-electron chi connectivity index (χ1n) is 12.6. The van der Waals surface area contributed by atoms with E-state index in [0.29, 0.717) is 38.6 Å². The number of hydrogen-bond donors (Lipinski definition) is 2. The number of pyridine rings is 1. The Bertz CT molecular complexity index is 830. The van der Waals surface area contributed by atoms with E-state index in [1.807, 2.05) is 6.92 Å². The Balaban J connectivity index is 1.13. The molecule has 4 rings (SSSR count). The van der Waals surface area contributed by atoms with E-state index < -0.39 is 17.4 Å². The third kappa shape index (κ3) is 6.33. The second-order valence-corrected chi connectivity index (χ2v) is 10.3. The molecular weight excluding hydrogens is 420 g/mol. The maximum Gasteiger partial charge on any atom is 0.326 e. The van der Waals surface area contributed by atoms with Crippen molar-refractivity contribution < 1.29 is 24.2 Å². The van der Waals surface area contributed by atoms with Gasteiger partial charge in [0.05, 0.1) is 11.5 Å². The zero-order valence-corrected chi connectivity index (χ0v) is 19.8. The van der Waals surface area contributed by atoms with Crippen LogP contribution in [-0.2, 0) is 38.3 Å². The number of carbonyl (C=O) groups is 2. The van der Waals surface area contributed by atoms with E-state index in [1.54, 1.807) is 0 Å². The summed E-state index contributed by atoms with van der Waals surface area (Å²) in [7, 11) is 0. The van der Waals surface area contributed by atoms with Gasteiger partial charge in [-0.25, -0.2) is 4.79 Å². The molecule has 33 heavy (non-hydrogen) atoms. The van der Waals surface area contributed by atoms with Gasteiger partial charge in [-0.15, -0.1) is 0 Å². The highest BCUT2D eigenvalue weighted by molar-refractivity contribution is 5.87. The fourth-order valence-electron chi connectivity index (χ4n) is 5.16. The fourth-order valence-corrected chi connectivity index (χ4v) is 5.16. The monoisotopic (exact) mass is 458 g/mol. The van der Waals surface area contributed by atoms with Crippen molar-refractivity contribution in [3.63, 3.8) is 0 Å². The Morgan fingerprint density at radius 1 is 1.24 bits per heavy atom. The molecule has 2 aliphatic carbocycles. The summed E-state index contributed by atoms with van der Waals surface area (Å²) < 4.78 is 11.2. The average Bonchev–Trinajstić information content (AvgIpc) is 2.79. The molecule has 1 aromatic heterocycles. The lowest BCUT2D eigenvalue weighted by molar-refractivity contribution is -0.146. The number of aliphatic carboxylic acids is 1. The van der Waals surface area contributed by atoms with Crippen molar-refractivity contribution in [2.75, 3.05) is 19.8 Å². The molecule has 1 amide bonds. The second-order valence-electron chi connectivity index (χ2n) is 10.3. The summed E-state index contributed by atoms with van der Waals surface area (Å²) in [5.41, 5.74) is 3.39. The van der Waals surface area contributed by atoms with Crippen molar-refractivity contribution in [1.82, 2.24) is 10.3 Å². The van der Waals surface area contributed by atoms with Gasteiger partial charge in [-0.2, -0.15) is 0 Å². The molecule has 3 aliphatic rings. The molecule has 2 fully saturated rings. The second kappa shape index (κ2) is 11.0. The van der Waals surface area contributed by atoms with E-state index in [-0.39, 0.29) is 18.4 Å². The Morgan fingerprint density at radius 2 is 2.00 bits per heavy atom. The SMILES string of the molecule is CC1(C(=O)NC(CCOC2CC(CCc3ccc4c(n3)CCCC4)C2)C(=O)O)CCOCC1. The molecular formula is C26H38N2O5. The van der Waals surface area contributed by atoms with Crippen molar-refractivity contribution in [1.29, 1.82) is 0 Å². The first kappa shape index (κ1) is 24.1. The van der Waals surface area contributed by atoms with E-state index in [9.17, 15) is 14.7 Å². The van der Waals surface area contributed by atoms with Crippen molar-refractivity contribution in [2.24, 2.45) is 11.3 Å². The molecule has 182 valence electrons. The van der Waals surface area contributed by atoms with Gasteiger partial charge in [-0.1, -0.05) is 13.0 Å². The van der Waals surface area contributed by atoms with Crippen LogP contribution in [0.3, 0.4) is 0 Å². The van der Waals surface area contributed by atoms with E-state index >= 15 is 0 Å². The number of carboxylic acids is 1. The van der Waals surface area contributed by atoms with Crippen LogP contribution in [0, 0.1) is 11.3 Å². The number of rotatable bonds is 10. The maximum atomic E-state index is 12.6. The lowest BCUT2D eigenvalue weighted by atomic mass is 9.79. The fraction of sp³-hybridized carbons (Fsp3) is 0.731. The van der Waals surface area contributed by atoms with Crippen LogP contribution in [0.25, 0.3) is 0 Å². The van der Waals surface area contributed by atoms with E-state index in [2.05, 4.69) is 17.4 Å². The summed E-state index contributed by atoms with van der Waals surface area (Å²) in [5.74, 6) is -0.555. The third-order valence-electron chi connectivity index (χ3n) is 7.75. The Morgan fingerprint density at radius 3 is 2.76 bits per heavy atom. The first-order valence-corrected chi connectivity index (χ1v) is 12.6. The highest BCUT2D eigenvalue weighted by Crippen LogP contribution is 2.34. The molecule has 1 saturated heterocycles. The number of aromatic nitrogens is 1. The number of amides is 1. The minimum absolute atomic E-state index is 0.197. The lowest BCUT2D eigenvalue weighted by Gasteiger charge is -2.36. The molecule has 1 atom stereocenters. The molecule has 2 N–H and O–H groups in total. The number of aryl methyl sites for hydroxylation is 3. The quantitative estimate of drug-likeness (QED) is 0.557. The number of nitrogens with zero attached hydrogens (tertiary/aromatic N) is 1. The molecule has 1 aliphatic heterocycles. The number of hydrogen-bond acceptors (Lipinski definition) is 5. The molecule has 0 aromatic carbocycles. The smallest absolute Gasteiger partial charge is 0.326 e. The number of ether oxygens (including phenoxy) is 2. The molecule has 2 heterocycles. The Kier molecular flexibility index (Phi) is 8.02. The molecule has 0 radical (unpaired) electrons. The number of carboxylic acid groups (broad SMARTS) is 1. The average molecular weight is 459 g/mol. The summed E-state index contributed by atoms with van der Waals surface area (Å²) in [4.78, 5) is 29.2. The van der Waals surface area contributed by atoms with Gasteiger partial charge < -0.3 is 19.9 Å². The van der Waals surface area contributed by atoms with Gasteiger partial charge in [0, 0.05) is 37.6 Å². The van der Waals surface area contributed by atoms with E-state index in [1.165, 1.54) is 36.2 Å². The molecule has 1 aromatic rings. The summed E-state index contributed by atoms with van der Waals surface area (Å²) in [6.45, 7) is 3.31. The van der Waals surface area contributed by atoms with Crippen LogP contribution in [0.1, 0.15) is 75.2 Å². The highest BCUT2D eigenvalue weighted by Gasteiger charge is 2.37. The number of carbonyl (C=O) groups excluding carboxylic acids is 1. The van der Waals surface area contributed by atoms with Crippen LogP contribution in [0.15, 0.2) is 12.1 Å². The standard InChI is InChI=1S/C26H38N2O5/c1-26(11-14-32-15-12-26)25(31)28-23(24(29)30)10-13-33-21-16-18(17-21)6-8-20-9-7-19-4-2-3-5-22(19)27-20/h7,9,18,21,23H,2-6,8,10-17H2,1H3,(H,28,31)(H,29,30). The normalized spacial score (nSPS) is 24.9. The maximum absolute atomic E-state index is 12.6. The first-order chi connectivity index (χ1) is 15.9. The van der Waals surface area contributed by atoms with Crippen LogP contribution in [0.5, 0.6) is 0 Å². The van der Waals surface area contributed by atoms with Crippen molar-refractivity contribution >= 4 is 11.9 Å². The molecule has 1 saturated carbocycles. The van der Waals surface area contributed by atoms with Gasteiger partial charge in [0.25, 0.3) is 0 Å². The van der Waals surface area contributed by atoms with Crippen LogP contribution < -0.4 is 5.32 Å². The van der Waals surface area contributed by atoms with Crippen molar-refractivity contribution in [3.05, 3.63) is 29.1 Å². The third-order valence-corrected chi connectivity index (χ3v) is 7.75. The Labute approximate surface area is 196 Å². The Hall–Kier alpha value is -1.99. The summed E-state index contributed by atoms with van der Waals surface area (Å²) >= 11 is 0. The van der Waals surface area contributed by atoms with Crippen LogP contribution >= 0.6 is 0 Å². The summed E-state index contributed by atoms with van der Waals surface area (Å²) in [6.07, 6.45) is 10.7. The highest BCUT2D eigenvalue weighted by atomic mass is 16.5. The number of fused-ring (bicyclic) bond motifs is 1. The predicted molar refractivity (Wildman–Crippen MR) is 124 cm³/mol. The van der Waals surface area contributed by atoms with E-state index in [0.717, 1.165) is 32.1 Å². The molecule has 7 nitrogen and oxygen atoms in total. The molecule has 0 bridgehead atoms. The van der Waals surface area contributed by atoms with Gasteiger partial charge in [-0.3, -0.25) is 9.78 Å². The predicted octanol–water partition coefficient (Wildman–Crippen LogP) is 3.46. The van der Waals surface area contributed by atoms with Crippen LogP contribution in [0.2, 0.25) is 0 Å². The van der Waals surface area contributed by atoms with Gasteiger partial charge in [-0.05, 0) is 81.8 Å². The summed E-state index contributed by atoms with van der Waals surface area (Å²) in [6, 6.07) is 3.55. The minimum atomic E-state index is -1.01.